The molecule has 1 aromatic carbocycles. The number of nitro benzene ring substituents is 1. The maximum Gasteiger partial charge on any atom is 0.274 e. The van der Waals surface area contributed by atoms with Gasteiger partial charge in [0.2, 0.25) is 0 Å². The molecule has 5 aromatic rings. The molecule has 0 fully saturated rings. The van der Waals surface area contributed by atoms with Crippen LogP contribution in [0, 0.1) is 10.1 Å². The van der Waals surface area contributed by atoms with E-state index in [4.69, 9.17) is 4.98 Å². The summed E-state index contributed by atoms with van der Waals surface area (Å²) in [6.45, 7) is 0. The van der Waals surface area contributed by atoms with Crippen LogP contribution < -0.4 is 10.1 Å². The summed E-state index contributed by atoms with van der Waals surface area (Å²) in [5.74, 6) is 0. The second kappa shape index (κ2) is 7.03. The number of hydrogen-bond acceptors (Lipinski definition) is 7. The summed E-state index contributed by atoms with van der Waals surface area (Å²) < 4.78 is 2.21. The molecule has 0 unspecified atom stereocenters. The molecule has 0 atom stereocenters. The maximum absolute atomic E-state index is 13.2. The van der Waals surface area contributed by atoms with Gasteiger partial charge in [-0.3, -0.25) is 14.9 Å². The first-order valence-corrected chi connectivity index (χ1v) is 11.1. The predicted octanol–water partition coefficient (Wildman–Crippen LogP) is 4.67. The zero-order chi connectivity index (χ0) is 20.0. The summed E-state index contributed by atoms with van der Waals surface area (Å²) in [6.07, 6.45) is 1.74. The molecule has 9 heteroatoms. The zero-order valence-corrected chi connectivity index (χ0v) is 17.1. The summed E-state index contributed by atoms with van der Waals surface area (Å²) >= 11 is 4.48. The molecule has 0 amide bonds. The van der Waals surface area contributed by atoms with Gasteiger partial charge in [-0.2, -0.15) is 0 Å². The van der Waals surface area contributed by atoms with E-state index in [0.29, 0.717) is 9.49 Å². The standard InChI is InChI=1S/C20H11N3O3S3/c24-19-16(11-12-5-7-13(8-6-12)23(25)26)29-20-21-17(14-3-1-9-27-14)18(22(19)20)15-4-2-10-28-15/h1-11H/b16-11-. The third-order valence-corrected chi connectivity index (χ3v) is 7.09. The van der Waals surface area contributed by atoms with E-state index in [2.05, 4.69) is 0 Å². The van der Waals surface area contributed by atoms with Crippen molar-refractivity contribution >= 4 is 50.7 Å². The van der Waals surface area contributed by atoms with Crippen molar-refractivity contribution in [3.05, 3.63) is 89.9 Å². The molecular weight excluding hydrogens is 426 g/mol. The van der Waals surface area contributed by atoms with Crippen molar-refractivity contribution in [2.75, 3.05) is 0 Å². The van der Waals surface area contributed by atoms with Crippen molar-refractivity contribution < 1.29 is 4.92 Å². The number of aromatic nitrogens is 2. The smallest absolute Gasteiger partial charge is 0.267 e. The number of nitrogens with zero attached hydrogens (tertiary/aromatic N) is 3. The molecule has 29 heavy (non-hydrogen) atoms. The van der Waals surface area contributed by atoms with Gasteiger partial charge in [0, 0.05) is 12.1 Å². The van der Waals surface area contributed by atoms with E-state index in [1.54, 1.807) is 45.3 Å². The van der Waals surface area contributed by atoms with Gasteiger partial charge in [-0.1, -0.05) is 23.5 Å². The molecule has 4 aromatic heterocycles. The second-order valence-electron chi connectivity index (χ2n) is 6.15. The van der Waals surface area contributed by atoms with Crippen LogP contribution in [0.25, 0.3) is 32.2 Å². The number of rotatable bonds is 4. The summed E-state index contributed by atoms with van der Waals surface area (Å²) in [7, 11) is 0. The van der Waals surface area contributed by atoms with Gasteiger partial charge in [0.1, 0.15) is 5.69 Å². The van der Waals surface area contributed by atoms with Crippen molar-refractivity contribution in [2.24, 2.45) is 0 Å². The lowest BCUT2D eigenvalue weighted by Gasteiger charge is -1.99. The number of imidazole rings is 1. The molecular formula is C20H11N3O3S3. The Kier molecular flexibility index (Phi) is 4.35. The maximum atomic E-state index is 13.2. The van der Waals surface area contributed by atoms with Crippen molar-refractivity contribution in [1.82, 2.24) is 9.38 Å². The minimum absolute atomic E-state index is 0.0195. The van der Waals surface area contributed by atoms with Crippen LogP contribution in [0.5, 0.6) is 0 Å². The average Bonchev–Trinajstić information content (AvgIpc) is 3.49. The third-order valence-electron chi connectivity index (χ3n) is 4.37. The van der Waals surface area contributed by atoms with Crippen molar-refractivity contribution in [3.63, 3.8) is 0 Å². The first-order chi connectivity index (χ1) is 14.1. The highest BCUT2D eigenvalue weighted by atomic mass is 32.1. The van der Waals surface area contributed by atoms with Gasteiger partial charge in [-0.05, 0) is 46.7 Å². The Morgan fingerprint density at radius 3 is 2.31 bits per heavy atom. The Balaban J connectivity index is 1.72. The minimum Gasteiger partial charge on any atom is -0.267 e. The van der Waals surface area contributed by atoms with Crippen LogP contribution in [0.4, 0.5) is 5.69 Å². The van der Waals surface area contributed by atoms with Crippen LogP contribution in [-0.2, 0) is 0 Å². The summed E-state index contributed by atoms with van der Waals surface area (Å²) in [5.41, 5.74) is 2.23. The van der Waals surface area contributed by atoms with E-state index in [9.17, 15) is 14.9 Å². The molecule has 0 aliphatic rings. The van der Waals surface area contributed by atoms with Gasteiger partial charge in [0.25, 0.3) is 11.2 Å². The van der Waals surface area contributed by atoms with Crippen LogP contribution in [0.15, 0.2) is 64.1 Å². The average molecular weight is 438 g/mol. The van der Waals surface area contributed by atoms with Crippen molar-refractivity contribution in [1.29, 1.82) is 0 Å². The number of thiazole rings is 1. The Bertz CT molecular complexity index is 1430. The lowest BCUT2D eigenvalue weighted by Crippen LogP contribution is -2.23. The number of thiophene rings is 2. The van der Waals surface area contributed by atoms with Crippen LogP contribution in [-0.4, -0.2) is 14.3 Å². The molecule has 0 radical (unpaired) electrons. The van der Waals surface area contributed by atoms with E-state index >= 15 is 0 Å². The largest absolute Gasteiger partial charge is 0.274 e. The topological polar surface area (TPSA) is 77.5 Å². The fraction of sp³-hybridized carbons (Fsp3) is 0. The van der Waals surface area contributed by atoms with Crippen molar-refractivity contribution in [3.8, 4) is 21.1 Å². The highest BCUT2D eigenvalue weighted by Crippen LogP contribution is 2.36. The molecule has 5 rings (SSSR count). The Hall–Kier alpha value is -3.14. The van der Waals surface area contributed by atoms with E-state index in [1.165, 1.54) is 23.5 Å². The Morgan fingerprint density at radius 2 is 1.69 bits per heavy atom. The molecule has 0 aliphatic carbocycles. The normalized spacial score (nSPS) is 12.1. The fourth-order valence-corrected chi connectivity index (χ4v) is 5.52. The van der Waals surface area contributed by atoms with Gasteiger partial charge in [0.05, 0.1) is 24.9 Å². The number of benzene rings is 1. The molecule has 142 valence electrons. The van der Waals surface area contributed by atoms with Crippen LogP contribution in [0.2, 0.25) is 0 Å². The zero-order valence-electron chi connectivity index (χ0n) is 14.6. The van der Waals surface area contributed by atoms with E-state index < -0.39 is 4.92 Å². The van der Waals surface area contributed by atoms with Crippen LogP contribution in [0.3, 0.4) is 0 Å². The molecule has 4 heterocycles. The first-order valence-electron chi connectivity index (χ1n) is 8.51. The Morgan fingerprint density at radius 1 is 1.00 bits per heavy atom. The van der Waals surface area contributed by atoms with Gasteiger partial charge in [-0.25, -0.2) is 9.38 Å². The third kappa shape index (κ3) is 3.09. The monoisotopic (exact) mass is 437 g/mol. The van der Waals surface area contributed by atoms with Crippen molar-refractivity contribution in [2.45, 2.75) is 0 Å². The molecule has 0 saturated heterocycles. The van der Waals surface area contributed by atoms with Gasteiger partial charge in [-0.15, -0.1) is 22.7 Å². The van der Waals surface area contributed by atoms with Gasteiger partial charge >= 0.3 is 0 Å². The second-order valence-corrected chi connectivity index (χ2v) is 9.05. The first kappa shape index (κ1) is 17.9. The SMILES string of the molecule is O=c1/c(=C/c2ccc([N+](=O)[O-])cc2)sc2nc(-c3cccs3)c(-c3cccs3)n12. The van der Waals surface area contributed by atoms with E-state index in [1.807, 2.05) is 35.0 Å². The van der Waals surface area contributed by atoms with Crippen LogP contribution >= 0.6 is 34.0 Å². The molecule has 0 bridgehead atoms. The summed E-state index contributed by atoms with van der Waals surface area (Å²) in [6, 6.07) is 14.1. The van der Waals surface area contributed by atoms with E-state index in [0.717, 1.165) is 26.7 Å². The summed E-state index contributed by atoms with van der Waals surface area (Å²) in [5, 5.41) is 14.8. The van der Waals surface area contributed by atoms with E-state index in [-0.39, 0.29) is 11.2 Å². The van der Waals surface area contributed by atoms with Gasteiger partial charge < -0.3 is 0 Å². The Labute approximate surface area is 175 Å². The predicted molar refractivity (Wildman–Crippen MR) is 118 cm³/mol. The molecule has 0 aliphatic heterocycles. The lowest BCUT2D eigenvalue weighted by atomic mass is 10.2. The van der Waals surface area contributed by atoms with Crippen LogP contribution in [0.1, 0.15) is 5.56 Å². The lowest BCUT2D eigenvalue weighted by molar-refractivity contribution is -0.384. The number of nitro groups is 1. The molecule has 0 N–H and O–H groups in total. The highest BCUT2D eigenvalue weighted by molar-refractivity contribution is 7.16. The molecule has 6 nitrogen and oxygen atoms in total. The molecule has 0 saturated carbocycles. The minimum atomic E-state index is -0.443. The quantitative estimate of drug-likeness (QED) is 0.302. The fourth-order valence-electron chi connectivity index (χ4n) is 3.07. The van der Waals surface area contributed by atoms with Gasteiger partial charge in [0.15, 0.2) is 4.96 Å². The number of non-ortho nitro benzene ring substituents is 1. The number of fused-ring (bicyclic) bond motifs is 1. The molecule has 0 spiro atoms. The summed E-state index contributed by atoms with van der Waals surface area (Å²) in [4.78, 5) is 31.0. The number of hydrogen-bond donors (Lipinski definition) is 0. The highest BCUT2D eigenvalue weighted by Gasteiger charge is 2.21.